The highest BCUT2D eigenvalue weighted by molar-refractivity contribution is 5.79. The van der Waals surface area contributed by atoms with Gasteiger partial charge in [0.2, 0.25) is 5.82 Å². The Morgan fingerprint density at radius 3 is 2.88 bits per heavy atom. The van der Waals surface area contributed by atoms with Crippen molar-refractivity contribution in [1.29, 1.82) is 0 Å². The number of H-pyrrole nitrogens is 1. The average molecular weight is 228 g/mol. The lowest BCUT2D eigenvalue weighted by atomic mass is 10.1. The Bertz CT molecular complexity index is 731. The molecule has 1 aromatic carbocycles. The summed E-state index contributed by atoms with van der Waals surface area (Å²) in [6.45, 7) is 1.68. The second-order valence-corrected chi connectivity index (χ2v) is 3.62. The molecule has 0 aliphatic carbocycles. The first-order valence-electron chi connectivity index (χ1n) is 5.03. The van der Waals surface area contributed by atoms with Gasteiger partial charge in [0.05, 0.1) is 5.39 Å². The number of hydrogen-bond acceptors (Lipinski definition) is 5. The van der Waals surface area contributed by atoms with Gasteiger partial charge in [-0.2, -0.15) is 5.21 Å². The van der Waals surface area contributed by atoms with Crippen molar-refractivity contribution in [1.82, 2.24) is 20.6 Å². The molecule has 0 amide bonds. The Kier molecular flexibility index (Phi) is 2.01. The molecule has 1 N–H and O–H groups in total. The monoisotopic (exact) mass is 228 g/mol. The molecule has 0 aliphatic heterocycles. The first-order valence-corrected chi connectivity index (χ1v) is 5.03. The van der Waals surface area contributed by atoms with E-state index in [1.54, 1.807) is 31.2 Å². The van der Waals surface area contributed by atoms with Crippen molar-refractivity contribution in [3.63, 3.8) is 0 Å². The third-order valence-electron chi connectivity index (χ3n) is 2.57. The van der Waals surface area contributed by atoms with Crippen LogP contribution < -0.4 is 5.43 Å². The summed E-state index contributed by atoms with van der Waals surface area (Å²) in [5.41, 5.74) is 0.916. The normalized spacial score (nSPS) is 10.9. The fourth-order valence-electron chi connectivity index (χ4n) is 1.71. The van der Waals surface area contributed by atoms with Crippen LogP contribution in [0.4, 0.5) is 0 Å². The lowest BCUT2D eigenvalue weighted by molar-refractivity contribution is 0.608. The van der Waals surface area contributed by atoms with Gasteiger partial charge >= 0.3 is 0 Å². The molecule has 6 heteroatoms. The number of rotatable bonds is 1. The zero-order chi connectivity index (χ0) is 11.8. The van der Waals surface area contributed by atoms with Crippen molar-refractivity contribution >= 4 is 11.0 Å². The van der Waals surface area contributed by atoms with Gasteiger partial charge in [0.25, 0.3) is 0 Å². The van der Waals surface area contributed by atoms with Gasteiger partial charge in [0, 0.05) is 5.56 Å². The van der Waals surface area contributed by atoms with Crippen LogP contribution in [-0.2, 0) is 0 Å². The smallest absolute Gasteiger partial charge is 0.240 e. The number of aromatic nitrogens is 4. The van der Waals surface area contributed by atoms with Gasteiger partial charge in [-0.25, -0.2) is 0 Å². The van der Waals surface area contributed by atoms with E-state index >= 15 is 0 Å². The standard InChI is InChI=1S/C11H8N4O2/c1-6-9(16)7-4-2-3-5-8(7)17-10(6)11-12-14-15-13-11/h2-5H,1H3,(H,12,13,14,15). The molecule has 0 aliphatic rings. The molecule has 2 aromatic heterocycles. The highest BCUT2D eigenvalue weighted by Gasteiger charge is 2.15. The largest absolute Gasteiger partial charge is 0.452 e. The van der Waals surface area contributed by atoms with Crippen molar-refractivity contribution in [2.75, 3.05) is 0 Å². The van der Waals surface area contributed by atoms with Gasteiger partial charge in [-0.15, -0.1) is 10.2 Å². The quantitative estimate of drug-likeness (QED) is 0.678. The van der Waals surface area contributed by atoms with Gasteiger partial charge in [-0.05, 0) is 24.3 Å². The van der Waals surface area contributed by atoms with Crippen LogP contribution in [-0.4, -0.2) is 20.6 Å². The zero-order valence-corrected chi connectivity index (χ0v) is 8.97. The minimum atomic E-state index is -0.0772. The average Bonchev–Trinajstić information content (AvgIpc) is 2.87. The number of fused-ring (bicyclic) bond motifs is 1. The maximum Gasteiger partial charge on any atom is 0.240 e. The maximum atomic E-state index is 12.1. The summed E-state index contributed by atoms with van der Waals surface area (Å²) in [5, 5.41) is 14.0. The van der Waals surface area contributed by atoms with E-state index in [0.717, 1.165) is 0 Å². The van der Waals surface area contributed by atoms with Crippen molar-refractivity contribution in [2.45, 2.75) is 6.92 Å². The lowest BCUT2D eigenvalue weighted by Gasteiger charge is -2.02. The van der Waals surface area contributed by atoms with Gasteiger partial charge in [0.1, 0.15) is 5.58 Å². The fourth-order valence-corrected chi connectivity index (χ4v) is 1.71. The summed E-state index contributed by atoms with van der Waals surface area (Å²) < 4.78 is 5.63. The molecule has 17 heavy (non-hydrogen) atoms. The number of benzene rings is 1. The van der Waals surface area contributed by atoms with Crippen LogP contribution in [0.25, 0.3) is 22.6 Å². The third kappa shape index (κ3) is 1.42. The summed E-state index contributed by atoms with van der Waals surface area (Å²) in [6.07, 6.45) is 0. The van der Waals surface area contributed by atoms with E-state index in [4.69, 9.17) is 4.42 Å². The molecular formula is C11H8N4O2. The SMILES string of the molecule is Cc1c(-c2nn[nH]n2)oc2ccccc2c1=O. The van der Waals surface area contributed by atoms with Crippen molar-refractivity contribution < 1.29 is 4.42 Å². The Hall–Kier alpha value is -2.50. The number of nitrogens with one attached hydrogen (secondary N) is 1. The van der Waals surface area contributed by atoms with Crippen LogP contribution in [0.5, 0.6) is 0 Å². The molecule has 0 unspecified atom stereocenters. The minimum absolute atomic E-state index is 0.0772. The second-order valence-electron chi connectivity index (χ2n) is 3.62. The third-order valence-corrected chi connectivity index (χ3v) is 2.57. The predicted molar refractivity (Wildman–Crippen MR) is 60.4 cm³/mol. The maximum absolute atomic E-state index is 12.1. The number of para-hydroxylation sites is 1. The van der Waals surface area contributed by atoms with Crippen molar-refractivity contribution in [3.05, 3.63) is 40.1 Å². The van der Waals surface area contributed by atoms with Crippen LogP contribution in [0.15, 0.2) is 33.5 Å². The van der Waals surface area contributed by atoms with Crippen LogP contribution in [0.1, 0.15) is 5.56 Å². The molecule has 6 nitrogen and oxygen atoms in total. The highest BCUT2D eigenvalue weighted by atomic mass is 16.3. The molecule has 0 fully saturated rings. The molecule has 0 bridgehead atoms. The van der Waals surface area contributed by atoms with Gasteiger partial charge < -0.3 is 4.42 Å². The summed E-state index contributed by atoms with van der Waals surface area (Å²) in [4.78, 5) is 12.1. The molecule has 0 saturated carbocycles. The molecule has 0 saturated heterocycles. The van der Waals surface area contributed by atoms with Crippen LogP contribution in [0.3, 0.4) is 0 Å². The molecule has 3 rings (SSSR count). The molecule has 3 aromatic rings. The number of nitrogens with zero attached hydrogens (tertiary/aromatic N) is 3. The summed E-state index contributed by atoms with van der Waals surface area (Å²) >= 11 is 0. The molecule has 84 valence electrons. The van der Waals surface area contributed by atoms with E-state index in [-0.39, 0.29) is 11.3 Å². The highest BCUT2D eigenvalue weighted by Crippen LogP contribution is 2.21. The molecular weight excluding hydrogens is 220 g/mol. The molecule has 0 radical (unpaired) electrons. The molecule has 0 atom stereocenters. The van der Waals surface area contributed by atoms with Crippen LogP contribution in [0, 0.1) is 6.92 Å². The first-order chi connectivity index (χ1) is 8.27. The van der Waals surface area contributed by atoms with E-state index < -0.39 is 0 Å². The Balaban J connectivity index is 2.42. The van der Waals surface area contributed by atoms with E-state index in [1.807, 2.05) is 0 Å². The van der Waals surface area contributed by atoms with Crippen molar-refractivity contribution in [2.24, 2.45) is 0 Å². The van der Waals surface area contributed by atoms with Gasteiger partial charge in [0.15, 0.2) is 11.2 Å². The topological polar surface area (TPSA) is 84.7 Å². The molecule has 2 heterocycles. The second kappa shape index (κ2) is 3.51. The lowest BCUT2D eigenvalue weighted by Crippen LogP contribution is -2.07. The Morgan fingerprint density at radius 2 is 2.12 bits per heavy atom. The van der Waals surface area contributed by atoms with E-state index in [2.05, 4.69) is 20.6 Å². The Labute approximate surface area is 95.3 Å². The fraction of sp³-hybridized carbons (Fsp3) is 0.0909. The predicted octanol–water partition coefficient (Wildman–Crippen LogP) is 1.28. The van der Waals surface area contributed by atoms with Crippen LogP contribution in [0.2, 0.25) is 0 Å². The van der Waals surface area contributed by atoms with Gasteiger partial charge in [-0.1, -0.05) is 12.1 Å². The molecule has 0 spiro atoms. The first kappa shape index (κ1) is 9.71. The number of aromatic amines is 1. The summed E-state index contributed by atoms with van der Waals surface area (Å²) in [5.74, 6) is 0.632. The van der Waals surface area contributed by atoms with E-state index in [0.29, 0.717) is 22.3 Å². The van der Waals surface area contributed by atoms with Crippen molar-refractivity contribution in [3.8, 4) is 11.6 Å². The van der Waals surface area contributed by atoms with Crippen LogP contribution >= 0.6 is 0 Å². The summed E-state index contributed by atoms with van der Waals surface area (Å²) in [6, 6.07) is 7.07. The Morgan fingerprint density at radius 1 is 1.29 bits per heavy atom. The number of tetrazole rings is 1. The summed E-state index contributed by atoms with van der Waals surface area (Å²) in [7, 11) is 0. The van der Waals surface area contributed by atoms with Gasteiger partial charge in [-0.3, -0.25) is 4.79 Å². The van der Waals surface area contributed by atoms with E-state index in [9.17, 15) is 4.79 Å². The number of hydrogen-bond donors (Lipinski definition) is 1. The van der Waals surface area contributed by atoms with E-state index in [1.165, 1.54) is 0 Å². The zero-order valence-electron chi connectivity index (χ0n) is 8.97. The minimum Gasteiger partial charge on any atom is -0.452 e.